The Balaban J connectivity index is 1.54. The standard InChI is InChI=1S/C24H21N5O3S/c1-2-28-16-22(32-27-28)26-21(30)17-33-24-25-20(15-9-12-18-10-5-3-6-11-18)23(31)29(24)19-13-7-4-8-14-19/h3-16H,2,17H2,1H3/b12-9+,20-15+. The number of benzene rings is 2. The molecule has 0 fully saturated rings. The number of aromatic nitrogens is 2. The van der Waals surface area contributed by atoms with Crippen molar-refractivity contribution in [3.63, 3.8) is 0 Å². The van der Waals surface area contributed by atoms with E-state index in [2.05, 4.69) is 15.3 Å². The van der Waals surface area contributed by atoms with E-state index in [1.165, 1.54) is 9.58 Å². The number of para-hydroxylation sites is 1. The number of aliphatic imine (C=N–C) groups is 2. The molecule has 0 spiro atoms. The van der Waals surface area contributed by atoms with Crippen LogP contribution in [0.2, 0.25) is 0 Å². The van der Waals surface area contributed by atoms with Gasteiger partial charge < -0.3 is 5.11 Å². The van der Waals surface area contributed by atoms with Crippen LogP contribution in [0.4, 0.5) is 11.6 Å². The highest BCUT2D eigenvalue weighted by atomic mass is 32.2. The second-order valence-electron chi connectivity index (χ2n) is 6.88. The molecular weight excluding hydrogens is 438 g/mol. The van der Waals surface area contributed by atoms with Crippen LogP contribution in [0.5, 0.6) is 0 Å². The second-order valence-corrected chi connectivity index (χ2v) is 7.82. The first-order valence-corrected chi connectivity index (χ1v) is 11.3. The van der Waals surface area contributed by atoms with Gasteiger partial charge in [-0.2, -0.15) is 0 Å². The van der Waals surface area contributed by atoms with Crippen molar-refractivity contribution in [2.45, 2.75) is 13.5 Å². The predicted octanol–water partition coefficient (Wildman–Crippen LogP) is 3.11. The number of allylic oxidation sites excluding steroid dienone is 2. The Hall–Kier alpha value is -3.98. The molecule has 3 aromatic rings. The van der Waals surface area contributed by atoms with Crippen molar-refractivity contribution in [2.24, 2.45) is 9.98 Å². The average Bonchev–Trinajstić information content (AvgIpc) is 3.42. The molecule has 8 nitrogen and oxygen atoms in total. The molecule has 166 valence electrons. The summed E-state index contributed by atoms with van der Waals surface area (Å²) in [7, 11) is 0. The summed E-state index contributed by atoms with van der Waals surface area (Å²) < 4.78 is 6.55. The van der Waals surface area contributed by atoms with Crippen LogP contribution >= 0.6 is 11.8 Å². The molecule has 0 unspecified atom stereocenters. The normalized spacial score (nSPS) is 15.6. The van der Waals surface area contributed by atoms with Gasteiger partial charge in [-0.05, 0) is 36.6 Å². The zero-order valence-corrected chi connectivity index (χ0v) is 18.7. The van der Waals surface area contributed by atoms with E-state index in [0.717, 1.165) is 17.3 Å². The Labute approximate surface area is 195 Å². The zero-order chi connectivity index (χ0) is 23.0. The van der Waals surface area contributed by atoms with Crippen molar-refractivity contribution < 1.29 is 19.1 Å². The number of hydrogen-bond acceptors (Lipinski definition) is 7. The van der Waals surface area contributed by atoms with Crippen LogP contribution in [0.1, 0.15) is 12.5 Å². The van der Waals surface area contributed by atoms with Crippen LogP contribution in [-0.2, 0) is 11.3 Å². The van der Waals surface area contributed by atoms with E-state index in [4.69, 9.17) is 4.52 Å². The minimum Gasteiger partial charge on any atom is -0.861 e. The van der Waals surface area contributed by atoms with E-state index >= 15 is 0 Å². The average molecular weight is 460 g/mol. The Bertz CT molecular complexity index is 1230. The van der Waals surface area contributed by atoms with E-state index in [1.54, 1.807) is 18.3 Å². The van der Waals surface area contributed by atoms with Crippen molar-refractivity contribution in [1.29, 1.82) is 0 Å². The van der Waals surface area contributed by atoms with Crippen molar-refractivity contribution in [3.05, 3.63) is 90.3 Å². The molecule has 1 amide bonds. The van der Waals surface area contributed by atoms with Gasteiger partial charge in [0, 0.05) is 5.75 Å². The lowest BCUT2D eigenvalue weighted by Gasteiger charge is -2.18. The molecule has 1 aliphatic heterocycles. The summed E-state index contributed by atoms with van der Waals surface area (Å²) >= 11 is 1.14. The number of amides is 1. The summed E-state index contributed by atoms with van der Waals surface area (Å²) in [5, 5.41) is 16.5. The van der Waals surface area contributed by atoms with Crippen molar-refractivity contribution in [2.75, 3.05) is 10.7 Å². The smallest absolute Gasteiger partial charge is 0.320 e. The molecule has 0 N–H and O–H groups in total. The van der Waals surface area contributed by atoms with E-state index in [0.29, 0.717) is 17.4 Å². The van der Waals surface area contributed by atoms with Gasteiger partial charge in [0.25, 0.3) is 12.1 Å². The Morgan fingerprint density at radius 2 is 1.91 bits per heavy atom. The van der Waals surface area contributed by atoms with Gasteiger partial charge in [0.1, 0.15) is 5.70 Å². The Kier molecular flexibility index (Phi) is 7.11. The van der Waals surface area contributed by atoms with Crippen LogP contribution < -0.4 is 14.7 Å². The van der Waals surface area contributed by atoms with E-state index in [-0.39, 0.29) is 23.2 Å². The summed E-state index contributed by atoms with van der Waals surface area (Å²) in [6.07, 6.45) is 6.91. The van der Waals surface area contributed by atoms with E-state index in [1.807, 2.05) is 73.7 Å². The maximum atomic E-state index is 13.1. The SMILES string of the molecule is CC[n+]1cc(/N=C(/[O-])CSC2=N/C(=C/C=C/c3ccccc3)C(=O)N2c2ccccc2)on1. The molecule has 0 saturated heterocycles. The molecule has 0 saturated carbocycles. The highest BCUT2D eigenvalue weighted by Gasteiger charge is 2.31. The second kappa shape index (κ2) is 10.6. The fourth-order valence-electron chi connectivity index (χ4n) is 2.98. The maximum Gasteiger partial charge on any atom is 0.320 e. The number of hydrogen-bond donors (Lipinski definition) is 0. The lowest BCUT2D eigenvalue weighted by atomic mass is 10.2. The number of amidine groups is 1. The molecule has 2 heterocycles. The topological polar surface area (TPSA) is 98.0 Å². The van der Waals surface area contributed by atoms with Gasteiger partial charge in [-0.1, -0.05) is 77.1 Å². The summed E-state index contributed by atoms with van der Waals surface area (Å²) in [6, 6.07) is 19.0. The molecule has 1 aromatic heterocycles. The van der Waals surface area contributed by atoms with Gasteiger partial charge in [0.15, 0.2) is 11.7 Å². The first kappa shape index (κ1) is 22.2. The lowest BCUT2D eigenvalue weighted by molar-refractivity contribution is -0.759. The Morgan fingerprint density at radius 1 is 1.18 bits per heavy atom. The molecule has 0 radical (unpaired) electrons. The van der Waals surface area contributed by atoms with Gasteiger partial charge in [-0.25, -0.2) is 9.98 Å². The fourth-order valence-corrected chi connectivity index (χ4v) is 3.77. The lowest BCUT2D eigenvalue weighted by Crippen LogP contribution is -2.32. The Morgan fingerprint density at radius 3 is 2.61 bits per heavy atom. The number of aryl methyl sites for hydroxylation is 1. The van der Waals surface area contributed by atoms with Crippen LogP contribution in [0.25, 0.3) is 6.08 Å². The van der Waals surface area contributed by atoms with Gasteiger partial charge >= 0.3 is 5.88 Å². The third-order valence-corrected chi connectivity index (χ3v) is 5.49. The quantitative estimate of drug-likeness (QED) is 0.234. The van der Waals surface area contributed by atoms with Gasteiger partial charge in [-0.3, -0.25) is 14.2 Å². The van der Waals surface area contributed by atoms with Crippen LogP contribution in [0.3, 0.4) is 0 Å². The van der Waals surface area contributed by atoms with Crippen LogP contribution in [0, 0.1) is 0 Å². The first-order valence-electron chi connectivity index (χ1n) is 10.3. The van der Waals surface area contributed by atoms with E-state index < -0.39 is 5.90 Å². The molecule has 0 atom stereocenters. The minimum absolute atomic E-state index is 0.00456. The highest BCUT2D eigenvalue weighted by molar-refractivity contribution is 8.14. The zero-order valence-electron chi connectivity index (χ0n) is 17.9. The first-order chi connectivity index (χ1) is 16.1. The maximum absolute atomic E-state index is 13.1. The fraction of sp³-hybridized carbons (Fsp3) is 0.125. The molecule has 4 rings (SSSR count). The van der Waals surface area contributed by atoms with E-state index in [9.17, 15) is 9.90 Å². The summed E-state index contributed by atoms with van der Waals surface area (Å²) in [5.74, 6) is -0.539. The summed E-state index contributed by atoms with van der Waals surface area (Å²) in [4.78, 5) is 23.0. The van der Waals surface area contributed by atoms with Crippen molar-refractivity contribution in [3.8, 4) is 0 Å². The molecular formula is C24H21N5O3S. The number of carbonyl (C=O) groups is 1. The van der Waals surface area contributed by atoms with Crippen molar-refractivity contribution >= 4 is 46.4 Å². The van der Waals surface area contributed by atoms with Crippen LogP contribution in [0.15, 0.2) is 99.2 Å². The summed E-state index contributed by atoms with van der Waals surface area (Å²) in [5.41, 5.74) is 1.98. The number of carbonyl (C=O) groups excluding carboxylic acids is 1. The molecule has 0 bridgehead atoms. The number of thioether (sulfide) groups is 1. The largest absolute Gasteiger partial charge is 0.861 e. The number of nitrogens with zero attached hydrogens (tertiary/aromatic N) is 5. The third-order valence-electron chi connectivity index (χ3n) is 4.57. The third kappa shape index (κ3) is 5.64. The molecule has 0 aliphatic carbocycles. The molecule has 33 heavy (non-hydrogen) atoms. The molecule has 9 heteroatoms. The minimum atomic E-state index is -0.413. The molecule has 2 aromatic carbocycles. The monoisotopic (exact) mass is 459 g/mol. The number of rotatable bonds is 7. The van der Waals surface area contributed by atoms with Gasteiger partial charge in [0.05, 0.1) is 5.69 Å². The van der Waals surface area contributed by atoms with Gasteiger partial charge in [-0.15, -0.1) is 0 Å². The predicted molar refractivity (Wildman–Crippen MR) is 127 cm³/mol. The van der Waals surface area contributed by atoms with Crippen LogP contribution in [-0.4, -0.2) is 28.0 Å². The number of anilines is 1. The summed E-state index contributed by atoms with van der Waals surface area (Å²) in [6.45, 7) is 2.51. The molecule has 1 aliphatic rings. The van der Waals surface area contributed by atoms with Gasteiger partial charge in [0.2, 0.25) is 5.27 Å². The highest BCUT2D eigenvalue weighted by Crippen LogP contribution is 2.28. The van der Waals surface area contributed by atoms with Crippen molar-refractivity contribution in [1.82, 2.24) is 5.27 Å².